The summed E-state index contributed by atoms with van der Waals surface area (Å²) < 4.78 is 0. The van der Waals surface area contributed by atoms with Crippen LogP contribution in [0, 0.1) is 0 Å². The van der Waals surface area contributed by atoms with Crippen LogP contribution in [0.4, 0.5) is 5.69 Å². The number of anilines is 1. The molecule has 1 rings (SSSR count). The van der Waals surface area contributed by atoms with Crippen LogP contribution in [0.15, 0.2) is 23.1 Å². The van der Waals surface area contributed by atoms with E-state index in [0.29, 0.717) is 0 Å². The van der Waals surface area contributed by atoms with E-state index in [1.54, 1.807) is 6.07 Å². The van der Waals surface area contributed by atoms with Gasteiger partial charge < -0.3 is 16.0 Å². The molecule has 1 amide bonds. The zero-order valence-corrected chi connectivity index (χ0v) is 7.04. The molecule has 0 aromatic carbocycles. The van der Waals surface area contributed by atoms with Crippen molar-refractivity contribution in [1.82, 2.24) is 4.98 Å². The summed E-state index contributed by atoms with van der Waals surface area (Å²) in [5, 5.41) is 2.45. The Kier molecular flexibility index (Phi) is 3.22. The lowest BCUT2D eigenvalue weighted by Crippen LogP contribution is -2.21. The van der Waals surface area contributed by atoms with Crippen LogP contribution < -0.4 is 16.6 Å². The van der Waals surface area contributed by atoms with Crippen LogP contribution in [0.3, 0.4) is 0 Å². The molecule has 0 aliphatic rings. The van der Waals surface area contributed by atoms with Gasteiger partial charge in [0.2, 0.25) is 5.91 Å². The van der Waals surface area contributed by atoms with Gasteiger partial charge in [-0.25, -0.2) is 0 Å². The third kappa shape index (κ3) is 2.72. The molecule has 0 atom stereocenters. The van der Waals surface area contributed by atoms with Crippen molar-refractivity contribution in [2.75, 3.05) is 11.9 Å². The van der Waals surface area contributed by atoms with Crippen LogP contribution in [0.1, 0.15) is 6.42 Å². The Morgan fingerprint density at radius 1 is 1.62 bits per heavy atom. The number of nitrogens with two attached hydrogens (primary N) is 1. The number of pyridine rings is 1. The maximum absolute atomic E-state index is 11.1. The van der Waals surface area contributed by atoms with Gasteiger partial charge in [0.05, 0.1) is 0 Å². The van der Waals surface area contributed by atoms with E-state index in [0.717, 1.165) is 0 Å². The van der Waals surface area contributed by atoms with Crippen LogP contribution in [0.2, 0.25) is 0 Å². The highest BCUT2D eigenvalue weighted by atomic mass is 16.2. The van der Waals surface area contributed by atoms with Gasteiger partial charge in [-0.1, -0.05) is 0 Å². The fourth-order valence-corrected chi connectivity index (χ4v) is 0.864. The Morgan fingerprint density at radius 2 is 2.38 bits per heavy atom. The van der Waals surface area contributed by atoms with Crippen molar-refractivity contribution in [2.45, 2.75) is 6.42 Å². The van der Waals surface area contributed by atoms with Crippen LogP contribution >= 0.6 is 0 Å². The minimum atomic E-state index is -0.312. The molecule has 5 nitrogen and oxygen atoms in total. The Hall–Kier alpha value is -1.62. The van der Waals surface area contributed by atoms with Crippen LogP contribution in [0.25, 0.3) is 0 Å². The van der Waals surface area contributed by atoms with Crippen molar-refractivity contribution < 1.29 is 4.79 Å². The molecule has 0 aliphatic carbocycles. The topological polar surface area (TPSA) is 88.0 Å². The molecule has 5 heteroatoms. The monoisotopic (exact) mass is 181 g/mol. The number of carbonyl (C=O) groups excluding carboxylic acids is 1. The fourth-order valence-electron chi connectivity index (χ4n) is 0.864. The van der Waals surface area contributed by atoms with Crippen LogP contribution in [-0.2, 0) is 4.79 Å². The van der Waals surface area contributed by atoms with E-state index < -0.39 is 0 Å². The third-order valence-corrected chi connectivity index (χ3v) is 1.46. The number of carbonyl (C=O) groups is 1. The molecular formula is C8H11N3O2. The summed E-state index contributed by atoms with van der Waals surface area (Å²) in [6, 6.07) is 3.17. The van der Waals surface area contributed by atoms with Crippen molar-refractivity contribution in [3.05, 3.63) is 28.7 Å². The Balaban J connectivity index is 2.69. The minimum Gasteiger partial charge on any atom is -0.330 e. The number of amides is 1. The average Bonchev–Trinajstić information content (AvgIpc) is 2.09. The first-order valence-corrected chi connectivity index (χ1v) is 3.91. The second-order valence-electron chi connectivity index (χ2n) is 2.50. The fraction of sp³-hybridized carbons (Fsp3) is 0.250. The maximum Gasteiger partial charge on any atom is 0.271 e. The Morgan fingerprint density at radius 3 is 3.00 bits per heavy atom. The van der Waals surface area contributed by atoms with Crippen LogP contribution in [-0.4, -0.2) is 17.4 Å². The summed E-state index contributed by atoms with van der Waals surface area (Å²) in [6.45, 7) is 0.274. The molecule has 0 aliphatic heterocycles. The number of hydrogen-bond acceptors (Lipinski definition) is 3. The molecule has 0 radical (unpaired) electrons. The molecular weight excluding hydrogens is 170 g/mol. The first kappa shape index (κ1) is 9.47. The summed E-state index contributed by atoms with van der Waals surface area (Å²) in [5.74, 6) is -0.251. The number of rotatable bonds is 3. The molecule has 0 spiro atoms. The number of hydrogen-bond donors (Lipinski definition) is 3. The van der Waals surface area contributed by atoms with E-state index in [-0.39, 0.29) is 30.1 Å². The second kappa shape index (κ2) is 4.42. The molecule has 1 aromatic heterocycles. The lowest BCUT2D eigenvalue weighted by Gasteiger charge is -2.01. The molecule has 0 saturated carbocycles. The SMILES string of the molecule is NCCC(=O)Nc1ccc[nH]c1=O. The standard InChI is InChI=1S/C8H11N3O2/c9-4-3-7(12)11-6-2-1-5-10-8(6)13/h1-2,5H,3-4,9H2,(H,10,13)(H,11,12). The van der Waals surface area contributed by atoms with Gasteiger partial charge in [0.1, 0.15) is 5.69 Å². The zero-order valence-electron chi connectivity index (χ0n) is 7.04. The Bertz CT molecular complexity index is 345. The van der Waals surface area contributed by atoms with Gasteiger partial charge in [-0.3, -0.25) is 9.59 Å². The summed E-state index contributed by atoms with van der Waals surface area (Å²) in [5.41, 5.74) is 5.11. The van der Waals surface area contributed by atoms with Crippen LogP contribution in [0.5, 0.6) is 0 Å². The van der Waals surface area contributed by atoms with Gasteiger partial charge in [0.25, 0.3) is 5.56 Å². The van der Waals surface area contributed by atoms with Gasteiger partial charge in [0.15, 0.2) is 0 Å². The number of H-pyrrole nitrogens is 1. The van der Waals surface area contributed by atoms with E-state index in [2.05, 4.69) is 10.3 Å². The van der Waals surface area contributed by atoms with Gasteiger partial charge in [-0.05, 0) is 12.1 Å². The maximum atomic E-state index is 11.1. The van der Waals surface area contributed by atoms with E-state index in [4.69, 9.17) is 5.73 Å². The molecule has 4 N–H and O–H groups in total. The third-order valence-electron chi connectivity index (χ3n) is 1.46. The highest BCUT2D eigenvalue weighted by Crippen LogP contribution is 1.96. The van der Waals surface area contributed by atoms with E-state index in [1.165, 1.54) is 12.3 Å². The molecule has 70 valence electrons. The number of aromatic nitrogens is 1. The number of aromatic amines is 1. The highest BCUT2D eigenvalue weighted by Gasteiger charge is 2.02. The van der Waals surface area contributed by atoms with Crippen molar-refractivity contribution in [3.8, 4) is 0 Å². The molecule has 0 bridgehead atoms. The number of nitrogens with one attached hydrogen (secondary N) is 2. The summed E-state index contributed by atoms with van der Waals surface area (Å²) in [4.78, 5) is 24.5. The first-order chi connectivity index (χ1) is 6.24. The van der Waals surface area contributed by atoms with Gasteiger partial charge in [-0.15, -0.1) is 0 Å². The smallest absolute Gasteiger partial charge is 0.271 e. The van der Waals surface area contributed by atoms with E-state index in [9.17, 15) is 9.59 Å². The van der Waals surface area contributed by atoms with Gasteiger partial charge in [-0.2, -0.15) is 0 Å². The normalized spacial score (nSPS) is 9.62. The lowest BCUT2D eigenvalue weighted by molar-refractivity contribution is -0.116. The highest BCUT2D eigenvalue weighted by molar-refractivity contribution is 5.90. The molecule has 13 heavy (non-hydrogen) atoms. The average molecular weight is 181 g/mol. The van der Waals surface area contributed by atoms with E-state index >= 15 is 0 Å². The predicted molar refractivity (Wildman–Crippen MR) is 49.4 cm³/mol. The van der Waals surface area contributed by atoms with Gasteiger partial charge in [0, 0.05) is 19.2 Å². The predicted octanol–water partition coefficient (Wildman–Crippen LogP) is -0.338. The quantitative estimate of drug-likeness (QED) is 0.596. The summed E-state index contributed by atoms with van der Waals surface area (Å²) in [6.07, 6.45) is 1.72. The lowest BCUT2D eigenvalue weighted by atomic mass is 10.3. The summed E-state index contributed by atoms with van der Waals surface area (Å²) in [7, 11) is 0. The largest absolute Gasteiger partial charge is 0.330 e. The molecule has 1 heterocycles. The van der Waals surface area contributed by atoms with Crippen molar-refractivity contribution in [3.63, 3.8) is 0 Å². The second-order valence-corrected chi connectivity index (χ2v) is 2.50. The summed E-state index contributed by atoms with van der Waals surface area (Å²) >= 11 is 0. The van der Waals surface area contributed by atoms with Crippen molar-refractivity contribution >= 4 is 11.6 Å². The molecule has 1 aromatic rings. The Labute approximate surface area is 75.0 Å². The van der Waals surface area contributed by atoms with E-state index in [1.807, 2.05) is 0 Å². The molecule has 0 unspecified atom stereocenters. The minimum absolute atomic E-state index is 0.217. The first-order valence-electron chi connectivity index (χ1n) is 3.91. The molecule has 0 fully saturated rings. The van der Waals surface area contributed by atoms with Crippen molar-refractivity contribution in [1.29, 1.82) is 0 Å². The van der Waals surface area contributed by atoms with Crippen molar-refractivity contribution in [2.24, 2.45) is 5.73 Å². The molecule has 0 saturated heterocycles. The zero-order chi connectivity index (χ0) is 9.68. The van der Waals surface area contributed by atoms with Gasteiger partial charge >= 0.3 is 0 Å².